The fourth-order valence-corrected chi connectivity index (χ4v) is 3.48. The third kappa shape index (κ3) is 4.38. The highest BCUT2D eigenvalue weighted by Crippen LogP contribution is 2.36. The van der Waals surface area contributed by atoms with Crippen LogP contribution in [0, 0.1) is 5.82 Å². The van der Waals surface area contributed by atoms with Crippen molar-refractivity contribution in [1.82, 2.24) is 5.43 Å². The number of esters is 1. The number of nitrogens with zero attached hydrogens (tertiary/aromatic N) is 1. The number of methoxy groups -OCH3 is 3. The third-order valence-corrected chi connectivity index (χ3v) is 5.24. The van der Waals surface area contributed by atoms with Gasteiger partial charge in [-0.15, -0.1) is 0 Å². The van der Waals surface area contributed by atoms with Gasteiger partial charge in [0.05, 0.1) is 44.9 Å². The number of aliphatic hydroxyl groups is 1. The van der Waals surface area contributed by atoms with Gasteiger partial charge in [0.25, 0.3) is 5.91 Å². The topological polar surface area (TPSA) is 97.3 Å². The van der Waals surface area contributed by atoms with Crippen molar-refractivity contribution in [3.8, 4) is 11.5 Å². The van der Waals surface area contributed by atoms with Crippen LogP contribution in [0.4, 0.5) is 10.1 Å². The molecular formula is C23H25FN2O6. The first-order chi connectivity index (χ1) is 15.3. The molecule has 1 aliphatic heterocycles. The molecule has 9 heteroatoms. The van der Waals surface area contributed by atoms with Crippen LogP contribution < -0.4 is 19.9 Å². The van der Waals surface area contributed by atoms with E-state index in [9.17, 15) is 19.1 Å². The molecular weight excluding hydrogens is 419 g/mol. The number of carbonyl (C=O) groups is 2. The summed E-state index contributed by atoms with van der Waals surface area (Å²) in [5, 5.41) is 12.1. The molecule has 1 atom stereocenters. The van der Waals surface area contributed by atoms with Crippen molar-refractivity contribution in [2.24, 2.45) is 0 Å². The Morgan fingerprint density at radius 2 is 1.91 bits per heavy atom. The van der Waals surface area contributed by atoms with Gasteiger partial charge in [0.1, 0.15) is 28.8 Å². The minimum absolute atomic E-state index is 0.163. The molecule has 1 heterocycles. The molecule has 0 spiro atoms. The van der Waals surface area contributed by atoms with Gasteiger partial charge in [-0.2, -0.15) is 0 Å². The van der Waals surface area contributed by atoms with Gasteiger partial charge in [-0.05, 0) is 36.2 Å². The number of hydrogen-bond acceptors (Lipinski definition) is 7. The number of nitrogens with one attached hydrogen (secondary N) is 1. The van der Waals surface area contributed by atoms with Crippen molar-refractivity contribution in [1.29, 1.82) is 0 Å². The SMILES string of the molecule is CCc1ccc(OC)c(N2NC(CC(=O)OC)C(=C(O)c3ccc(OC)cc3F)C2=O)c1. The van der Waals surface area contributed by atoms with E-state index in [1.807, 2.05) is 13.0 Å². The molecule has 0 aromatic heterocycles. The van der Waals surface area contributed by atoms with Crippen LogP contribution in [-0.2, 0) is 20.7 Å². The maximum atomic E-state index is 14.6. The van der Waals surface area contributed by atoms with Crippen LogP contribution in [-0.4, -0.2) is 44.4 Å². The quantitative estimate of drug-likeness (QED) is 0.385. The van der Waals surface area contributed by atoms with E-state index in [0.717, 1.165) is 18.1 Å². The summed E-state index contributed by atoms with van der Waals surface area (Å²) >= 11 is 0. The Morgan fingerprint density at radius 1 is 1.16 bits per heavy atom. The molecule has 0 saturated carbocycles. The molecule has 1 saturated heterocycles. The standard InChI is InChI=1S/C23H25FN2O6/c1-5-13-6-9-19(31-3)18(10-13)26-23(29)21(17(25-26)12-20(27)32-4)22(28)15-8-7-14(30-2)11-16(15)24/h6-11,17,25,28H,5,12H2,1-4H3. The predicted octanol–water partition coefficient (Wildman–Crippen LogP) is 3.16. The second-order valence-electron chi connectivity index (χ2n) is 7.07. The molecule has 2 aromatic carbocycles. The largest absolute Gasteiger partial charge is 0.507 e. The maximum Gasteiger partial charge on any atom is 0.307 e. The molecule has 3 rings (SSSR count). The van der Waals surface area contributed by atoms with Crippen molar-refractivity contribution in [2.45, 2.75) is 25.8 Å². The maximum absolute atomic E-state index is 14.6. The molecule has 2 N–H and O–H groups in total. The lowest BCUT2D eigenvalue weighted by molar-refractivity contribution is -0.140. The summed E-state index contributed by atoms with van der Waals surface area (Å²) in [6.45, 7) is 1.97. The molecule has 0 radical (unpaired) electrons. The van der Waals surface area contributed by atoms with Crippen LogP contribution in [0.15, 0.2) is 42.0 Å². The number of hydrazine groups is 1. The van der Waals surface area contributed by atoms with Crippen LogP contribution >= 0.6 is 0 Å². The Labute approximate surface area is 185 Å². The number of carbonyl (C=O) groups excluding carboxylic acids is 2. The van der Waals surface area contributed by atoms with Gasteiger partial charge in [0, 0.05) is 6.07 Å². The van der Waals surface area contributed by atoms with E-state index in [4.69, 9.17) is 14.2 Å². The summed E-state index contributed by atoms with van der Waals surface area (Å²) < 4.78 is 29.7. The zero-order valence-electron chi connectivity index (χ0n) is 18.3. The van der Waals surface area contributed by atoms with Crippen molar-refractivity contribution in [3.63, 3.8) is 0 Å². The Bertz CT molecular complexity index is 1070. The molecule has 1 fully saturated rings. The highest BCUT2D eigenvalue weighted by Gasteiger charge is 2.41. The van der Waals surface area contributed by atoms with E-state index in [1.165, 1.54) is 38.5 Å². The third-order valence-electron chi connectivity index (χ3n) is 5.24. The summed E-state index contributed by atoms with van der Waals surface area (Å²) in [5.74, 6) is -1.93. The molecule has 0 bridgehead atoms. The van der Waals surface area contributed by atoms with Crippen LogP contribution in [0.25, 0.3) is 5.76 Å². The number of benzene rings is 2. The first-order valence-corrected chi connectivity index (χ1v) is 9.95. The average Bonchev–Trinajstić information content (AvgIpc) is 3.13. The normalized spacial score (nSPS) is 17.3. The van der Waals surface area contributed by atoms with Gasteiger partial charge in [0.15, 0.2) is 0 Å². The number of amides is 1. The van der Waals surface area contributed by atoms with Crippen molar-refractivity contribution in [3.05, 3.63) is 58.9 Å². The Morgan fingerprint density at radius 3 is 2.50 bits per heavy atom. The molecule has 8 nitrogen and oxygen atoms in total. The number of anilines is 1. The molecule has 1 aliphatic rings. The number of rotatable bonds is 7. The number of halogens is 1. The fraction of sp³-hybridized carbons (Fsp3) is 0.304. The Hall–Kier alpha value is -3.59. The second-order valence-corrected chi connectivity index (χ2v) is 7.07. The van der Waals surface area contributed by atoms with Crippen LogP contribution in [0.1, 0.15) is 24.5 Å². The molecule has 170 valence electrons. The minimum Gasteiger partial charge on any atom is -0.507 e. The van der Waals surface area contributed by atoms with E-state index in [2.05, 4.69) is 5.43 Å². The number of ether oxygens (including phenoxy) is 3. The highest BCUT2D eigenvalue weighted by atomic mass is 19.1. The average molecular weight is 444 g/mol. The zero-order chi connectivity index (χ0) is 23.4. The first-order valence-electron chi connectivity index (χ1n) is 9.95. The lowest BCUT2D eigenvalue weighted by atomic mass is 9.99. The summed E-state index contributed by atoms with van der Waals surface area (Å²) in [5.41, 5.74) is 3.93. The molecule has 1 amide bonds. The summed E-state index contributed by atoms with van der Waals surface area (Å²) in [7, 11) is 4.08. The Balaban J connectivity index is 2.13. The summed E-state index contributed by atoms with van der Waals surface area (Å²) in [6.07, 6.45) is 0.460. The number of aliphatic hydroxyl groups excluding tert-OH is 1. The zero-order valence-corrected chi connectivity index (χ0v) is 18.3. The molecule has 0 aliphatic carbocycles. The monoisotopic (exact) mass is 444 g/mol. The van der Waals surface area contributed by atoms with E-state index in [0.29, 0.717) is 11.4 Å². The van der Waals surface area contributed by atoms with E-state index >= 15 is 0 Å². The van der Waals surface area contributed by atoms with E-state index in [1.54, 1.807) is 12.1 Å². The highest BCUT2D eigenvalue weighted by molar-refractivity contribution is 6.13. The first kappa shape index (κ1) is 23.1. The van der Waals surface area contributed by atoms with Crippen LogP contribution in [0.2, 0.25) is 0 Å². The van der Waals surface area contributed by atoms with Gasteiger partial charge < -0.3 is 19.3 Å². The van der Waals surface area contributed by atoms with E-state index in [-0.39, 0.29) is 23.3 Å². The van der Waals surface area contributed by atoms with E-state index < -0.39 is 29.5 Å². The van der Waals surface area contributed by atoms with Gasteiger partial charge >= 0.3 is 5.97 Å². The molecule has 2 aromatic rings. The van der Waals surface area contributed by atoms with Crippen LogP contribution in [0.3, 0.4) is 0 Å². The Kier molecular flexibility index (Phi) is 6.99. The van der Waals surface area contributed by atoms with Crippen LogP contribution in [0.5, 0.6) is 11.5 Å². The van der Waals surface area contributed by atoms with Gasteiger partial charge in [-0.3, -0.25) is 9.59 Å². The van der Waals surface area contributed by atoms with Gasteiger partial charge in [0.2, 0.25) is 0 Å². The lowest BCUT2D eigenvalue weighted by Crippen LogP contribution is -2.38. The summed E-state index contributed by atoms with van der Waals surface area (Å²) in [4.78, 5) is 25.4. The minimum atomic E-state index is -0.952. The van der Waals surface area contributed by atoms with Gasteiger partial charge in [-0.25, -0.2) is 14.8 Å². The molecule has 1 unspecified atom stereocenters. The van der Waals surface area contributed by atoms with Gasteiger partial charge in [-0.1, -0.05) is 13.0 Å². The van der Waals surface area contributed by atoms with Crippen molar-refractivity contribution >= 4 is 23.3 Å². The lowest BCUT2D eigenvalue weighted by Gasteiger charge is -2.20. The van der Waals surface area contributed by atoms with Crippen molar-refractivity contribution in [2.75, 3.05) is 26.3 Å². The second kappa shape index (κ2) is 9.69. The smallest absolute Gasteiger partial charge is 0.307 e. The summed E-state index contributed by atoms with van der Waals surface area (Å²) in [6, 6.07) is 8.28. The number of aryl methyl sites for hydroxylation is 1. The number of hydrogen-bond donors (Lipinski definition) is 2. The van der Waals surface area contributed by atoms with Crippen molar-refractivity contribution < 1.29 is 33.3 Å². The predicted molar refractivity (Wildman–Crippen MR) is 116 cm³/mol. The fourth-order valence-electron chi connectivity index (χ4n) is 3.48. The molecule has 32 heavy (non-hydrogen) atoms.